The lowest BCUT2D eigenvalue weighted by Gasteiger charge is -2.19. The quantitative estimate of drug-likeness (QED) is 0.333. The lowest BCUT2D eigenvalue weighted by atomic mass is 10.1. The summed E-state index contributed by atoms with van der Waals surface area (Å²) in [6.07, 6.45) is 0. The number of hydrogen-bond donors (Lipinski definition) is 2. The zero-order valence-corrected chi connectivity index (χ0v) is 20.1. The average Bonchev–Trinajstić information content (AvgIpc) is 2.93. The van der Waals surface area contributed by atoms with Gasteiger partial charge in [0.2, 0.25) is 5.89 Å². The second-order valence-corrected chi connectivity index (χ2v) is 7.52. The molecule has 0 fully saturated rings. The van der Waals surface area contributed by atoms with Gasteiger partial charge >= 0.3 is 0 Å². The highest BCUT2D eigenvalue weighted by Crippen LogP contribution is 2.13. The Hall–Kier alpha value is -1.61. The summed E-state index contributed by atoms with van der Waals surface area (Å²) in [7, 11) is 0. The molecule has 0 unspecified atom stereocenters. The first-order chi connectivity index (χ1) is 12.8. The van der Waals surface area contributed by atoms with E-state index in [1.54, 1.807) is 0 Å². The third-order valence-corrected chi connectivity index (χ3v) is 3.91. The van der Waals surface area contributed by atoms with Gasteiger partial charge in [0.15, 0.2) is 5.96 Å². The van der Waals surface area contributed by atoms with Crippen LogP contribution in [0.4, 0.5) is 0 Å². The van der Waals surface area contributed by atoms with Gasteiger partial charge in [-0.1, -0.05) is 24.3 Å². The first-order valence-electron chi connectivity index (χ1n) is 9.43. The third kappa shape index (κ3) is 8.60. The minimum atomic E-state index is -0.146. The highest BCUT2D eigenvalue weighted by Gasteiger charge is 2.10. The number of halogens is 1. The van der Waals surface area contributed by atoms with Gasteiger partial charge in [-0.3, -0.25) is 0 Å². The molecule has 6 nitrogen and oxygen atoms in total. The van der Waals surface area contributed by atoms with E-state index < -0.39 is 0 Å². The summed E-state index contributed by atoms with van der Waals surface area (Å²) in [5, 5.41) is 6.51. The highest BCUT2D eigenvalue weighted by molar-refractivity contribution is 14.0. The van der Waals surface area contributed by atoms with Crippen LogP contribution in [0.1, 0.15) is 56.2 Å². The second kappa shape index (κ2) is 11.4. The number of aryl methyl sites for hydroxylation is 2. The van der Waals surface area contributed by atoms with Crippen molar-refractivity contribution in [2.75, 3.05) is 6.54 Å². The molecule has 0 saturated carbocycles. The van der Waals surface area contributed by atoms with Crippen LogP contribution in [0.3, 0.4) is 0 Å². The molecule has 2 N–H and O–H groups in total. The smallest absolute Gasteiger partial charge is 0.214 e. The molecular weight excluding hydrogens is 467 g/mol. The second-order valence-electron chi connectivity index (χ2n) is 7.52. The van der Waals surface area contributed by atoms with Crippen LogP contribution >= 0.6 is 24.0 Å². The minimum Gasteiger partial charge on any atom is -0.444 e. The van der Waals surface area contributed by atoms with E-state index in [-0.39, 0.29) is 29.6 Å². The number of oxazole rings is 1. The molecule has 0 atom stereocenters. The maximum absolute atomic E-state index is 5.86. The monoisotopic (exact) mass is 500 g/mol. The van der Waals surface area contributed by atoms with Crippen molar-refractivity contribution in [1.82, 2.24) is 15.6 Å². The zero-order chi connectivity index (χ0) is 19.9. The van der Waals surface area contributed by atoms with Crippen LogP contribution in [0.15, 0.2) is 33.7 Å². The average molecular weight is 500 g/mol. The SMILES string of the molecule is CCNC(=NCc1cccc(COC(C)(C)C)c1)NCc1nc(C)c(C)o1.I. The highest BCUT2D eigenvalue weighted by atomic mass is 127. The molecule has 2 rings (SSSR count). The molecule has 156 valence electrons. The molecule has 0 aliphatic heterocycles. The summed E-state index contributed by atoms with van der Waals surface area (Å²) < 4.78 is 11.5. The van der Waals surface area contributed by atoms with Gasteiger partial charge in [0.1, 0.15) is 5.76 Å². The van der Waals surface area contributed by atoms with Crippen LogP contribution in [0.25, 0.3) is 0 Å². The first-order valence-corrected chi connectivity index (χ1v) is 9.43. The summed E-state index contributed by atoms with van der Waals surface area (Å²) in [5.41, 5.74) is 3.07. The topological polar surface area (TPSA) is 71.7 Å². The van der Waals surface area contributed by atoms with Crippen LogP contribution in [0, 0.1) is 13.8 Å². The van der Waals surface area contributed by atoms with E-state index in [1.807, 2.05) is 26.8 Å². The standard InChI is InChI=1S/C21H32N4O2.HI/c1-7-22-20(24-13-19-25-15(2)16(3)27-19)23-12-17-9-8-10-18(11-17)14-26-21(4,5)6;/h8-11H,7,12-14H2,1-6H3,(H2,22,23,24);1H. The van der Waals surface area contributed by atoms with Crippen LogP contribution in [0.2, 0.25) is 0 Å². The van der Waals surface area contributed by atoms with Crippen molar-refractivity contribution >= 4 is 29.9 Å². The lowest BCUT2D eigenvalue weighted by molar-refractivity contribution is -0.0149. The Morgan fingerprint density at radius 2 is 1.89 bits per heavy atom. The first kappa shape index (κ1) is 24.4. The Morgan fingerprint density at radius 1 is 1.18 bits per heavy atom. The Kier molecular flexibility index (Phi) is 9.95. The number of aliphatic imine (C=N–C) groups is 1. The van der Waals surface area contributed by atoms with Crippen LogP contribution < -0.4 is 10.6 Å². The van der Waals surface area contributed by atoms with Gasteiger partial charge in [-0.15, -0.1) is 24.0 Å². The number of rotatable bonds is 7. The predicted octanol–water partition coefficient (Wildman–Crippen LogP) is 4.48. The Bertz CT molecular complexity index is 747. The van der Waals surface area contributed by atoms with Crippen molar-refractivity contribution in [3.63, 3.8) is 0 Å². The molecule has 0 saturated heterocycles. The van der Waals surface area contributed by atoms with Crippen LogP contribution in [-0.4, -0.2) is 23.1 Å². The van der Waals surface area contributed by atoms with Crippen molar-refractivity contribution in [2.45, 2.75) is 66.8 Å². The summed E-state index contributed by atoms with van der Waals surface area (Å²) in [6, 6.07) is 8.34. The van der Waals surface area contributed by atoms with Crippen molar-refractivity contribution in [3.8, 4) is 0 Å². The molecule has 0 radical (unpaired) electrons. The van der Waals surface area contributed by atoms with Gasteiger partial charge in [0.25, 0.3) is 0 Å². The van der Waals surface area contributed by atoms with Gasteiger partial charge in [0, 0.05) is 6.54 Å². The van der Waals surface area contributed by atoms with E-state index in [4.69, 9.17) is 9.15 Å². The maximum atomic E-state index is 5.86. The molecule has 2 aromatic rings. The Balaban J connectivity index is 0.00000392. The van der Waals surface area contributed by atoms with E-state index in [0.29, 0.717) is 25.6 Å². The minimum absolute atomic E-state index is 0. The van der Waals surface area contributed by atoms with Crippen molar-refractivity contribution in [2.24, 2.45) is 4.99 Å². The number of ether oxygens (including phenoxy) is 1. The number of hydrogen-bond acceptors (Lipinski definition) is 4. The van der Waals surface area contributed by atoms with Crippen LogP contribution in [-0.2, 0) is 24.4 Å². The van der Waals surface area contributed by atoms with Gasteiger partial charge in [0.05, 0.1) is 31.0 Å². The molecule has 1 aromatic heterocycles. The number of benzene rings is 1. The van der Waals surface area contributed by atoms with Gasteiger partial charge < -0.3 is 19.8 Å². The molecule has 0 aliphatic rings. The normalized spacial score (nSPS) is 11.9. The fourth-order valence-corrected chi connectivity index (χ4v) is 2.40. The van der Waals surface area contributed by atoms with Crippen molar-refractivity contribution < 1.29 is 9.15 Å². The zero-order valence-electron chi connectivity index (χ0n) is 17.8. The molecule has 0 bridgehead atoms. The molecular formula is C21H33IN4O2. The van der Waals surface area contributed by atoms with Crippen LogP contribution in [0.5, 0.6) is 0 Å². The van der Waals surface area contributed by atoms with Crippen molar-refractivity contribution in [3.05, 3.63) is 52.7 Å². The summed E-state index contributed by atoms with van der Waals surface area (Å²) >= 11 is 0. The molecule has 0 amide bonds. The number of nitrogens with zero attached hydrogens (tertiary/aromatic N) is 2. The Morgan fingerprint density at radius 3 is 2.50 bits per heavy atom. The Labute approximate surface area is 185 Å². The van der Waals surface area contributed by atoms with E-state index in [1.165, 1.54) is 0 Å². The van der Waals surface area contributed by atoms with E-state index >= 15 is 0 Å². The third-order valence-electron chi connectivity index (χ3n) is 3.91. The number of nitrogens with one attached hydrogen (secondary N) is 2. The van der Waals surface area contributed by atoms with Gasteiger partial charge in [-0.25, -0.2) is 9.98 Å². The van der Waals surface area contributed by atoms with Gasteiger partial charge in [-0.05, 0) is 52.7 Å². The molecule has 1 heterocycles. The van der Waals surface area contributed by atoms with E-state index in [0.717, 1.165) is 35.1 Å². The molecule has 28 heavy (non-hydrogen) atoms. The number of aromatic nitrogens is 1. The molecule has 0 aliphatic carbocycles. The van der Waals surface area contributed by atoms with Crippen molar-refractivity contribution in [1.29, 1.82) is 0 Å². The fraction of sp³-hybridized carbons (Fsp3) is 0.524. The molecule has 1 aromatic carbocycles. The summed E-state index contributed by atoms with van der Waals surface area (Å²) in [4.78, 5) is 9.05. The maximum Gasteiger partial charge on any atom is 0.214 e. The largest absolute Gasteiger partial charge is 0.444 e. The van der Waals surface area contributed by atoms with E-state index in [9.17, 15) is 0 Å². The fourth-order valence-electron chi connectivity index (χ4n) is 2.40. The molecule has 0 spiro atoms. The summed E-state index contributed by atoms with van der Waals surface area (Å²) in [5.74, 6) is 2.25. The van der Waals surface area contributed by atoms with Gasteiger partial charge in [-0.2, -0.15) is 0 Å². The predicted molar refractivity (Wildman–Crippen MR) is 124 cm³/mol. The summed E-state index contributed by atoms with van der Waals surface area (Å²) in [6.45, 7) is 14.6. The lowest BCUT2D eigenvalue weighted by Crippen LogP contribution is -2.36. The number of guanidine groups is 1. The van der Waals surface area contributed by atoms with E-state index in [2.05, 4.69) is 59.6 Å². The molecule has 7 heteroatoms.